The summed E-state index contributed by atoms with van der Waals surface area (Å²) in [6, 6.07) is 7.40. The zero-order chi connectivity index (χ0) is 14.6. The van der Waals surface area contributed by atoms with Gasteiger partial charge < -0.3 is 10.4 Å². The van der Waals surface area contributed by atoms with E-state index in [1.807, 2.05) is 50.1 Å². The SMILES string of the molecule is Cc1cccc(NC(=O)C(C)N(C)CC(C)(C)O)c1. The normalized spacial score (nSPS) is 13.4. The maximum absolute atomic E-state index is 12.1. The predicted molar refractivity (Wildman–Crippen MR) is 78.2 cm³/mol. The van der Waals surface area contributed by atoms with Crippen LogP contribution in [-0.4, -0.2) is 41.1 Å². The third-order valence-corrected chi connectivity index (χ3v) is 2.96. The van der Waals surface area contributed by atoms with Crippen LogP contribution in [0.1, 0.15) is 26.3 Å². The number of aryl methyl sites for hydroxylation is 1. The lowest BCUT2D eigenvalue weighted by atomic mass is 10.1. The molecule has 0 aliphatic carbocycles. The standard InChI is InChI=1S/C15H24N2O2/c1-11-7-6-8-13(9-11)16-14(18)12(2)17(5)10-15(3,4)19/h6-9,12,19H,10H2,1-5H3,(H,16,18). The molecule has 4 heteroatoms. The van der Waals surface area contributed by atoms with Crippen LogP contribution >= 0.6 is 0 Å². The first kappa shape index (κ1) is 15.7. The topological polar surface area (TPSA) is 52.6 Å². The summed E-state index contributed by atoms with van der Waals surface area (Å²) in [7, 11) is 1.83. The van der Waals surface area contributed by atoms with E-state index in [-0.39, 0.29) is 11.9 Å². The van der Waals surface area contributed by atoms with Gasteiger partial charge >= 0.3 is 0 Å². The molecule has 1 rings (SSSR count). The lowest BCUT2D eigenvalue weighted by Crippen LogP contribution is -2.46. The van der Waals surface area contributed by atoms with Crippen molar-refractivity contribution >= 4 is 11.6 Å². The van der Waals surface area contributed by atoms with Gasteiger partial charge in [0.2, 0.25) is 5.91 Å². The molecule has 1 unspecified atom stereocenters. The number of hydrogen-bond donors (Lipinski definition) is 2. The van der Waals surface area contributed by atoms with E-state index in [9.17, 15) is 9.90 Å². The molecule has 4 nitrogen and oxygen atoms in total. The first-order valence-electron chi connectivity index (χ1n) is 6.49. The van der Waals surface area contributed by atoms with Gasteiger partial charge in [0.1, 0.15) is 0 Å². The lowest BCUT2D eigenvalue weighted by molar-refractivity contribution is -0.121. The zero-order valence-corrected chi connectivity index (χ0v) is 12.4. The molecule has 0 aliphatic rings. The number of nitrogens with zero attached hydrogens (tertiary/aromatic N) is 1. The highest BCUT2D eigenvalue weighted by Gasteiger charge is 2.23. The van der Waals surface area contributed by atoms with Crippen LogP contribution in [0.25, 0.3) is 0 Å². The van der Waals surface area contributed by atoms with Crippen molar-refractivity contribution in [2.75, 3.05) is 18.9 Å². The average Bonchev–Trinajstić information content (AvgIpc) is 2.25. The number of amides is 1. The molecule has 0 aliphatic heterocycles. The van der Waals surface area contributed by atoms with Crippen LogP contribution in [0.4, 0.5) is 5.69 Å². The van der Waals surface area contributed by atoms with Crippen LogP contribution in [-0.2, 0) is 4.79 Å². The summed E-state index contributed by atoms with van der Waals surface area (Å²) in [6.07, 6.45) is 0. The molecule has 0 bridgehead atoms. The van der Waals surface area contributed by atoms with Crippen molar-refractivity contribution < 1.29 is 9.90 Å². The summed E-state index contributed by atoms with van der Waals surface area (Å²) in [5.41, 5.74) is 1.09. The fraction of sp³-hybridized carbons (Fsp3) is 0.533. The summed E-state index contributed by atoms with van der Waals surface area (Å²) in [5, 5.41) is 12.7. The highest BCUT2D eigenvalue weighted by Crippen LogP contribution is 2.12. The minimum atomic E-state index is -0.813. The van der Waals surface area contributed by atoms with E-state index in [1.54, 1.807) is 13.8 Å². The van der Waals surface area contributed by atoms with Gasteiger partial charge in [0.25, 0.3) is 0 Å². The van der Waals surface area contributed by atoms with Crippen LogP contribution in [0, 0.1) is 6.92 Å². The third kappa shape index (κ3) is 5.41. The number of carbonyl (C=O) groups excluding carboxylic acids is 1. The van der Waals surface area contributed by atoms with E-state index >= 15 is 0 Å². The van der Waals surface area contributed by atoms with Gasteiger partial charge in [-0.15, -0.1) is 0 Å². The number of anilines is 1. The number of rotatable bonds is 5. The lowest BCUT2D eigenvalue weighted by Gasteiger charge is -2.29. The molecule has 0 radical (unpaired) electrons. The second-order valence-corrected chi connectivity index (χ2v) is 5.76. The molecule has 0 saturated carbocycles. The van der Waals surface area contributed by atoms with Gasteiger partial charge in [-0.05, 0) is 52.4 Å². The third-order valence-electron chi connectivity index (χ3n) is 2.96. The second-order valence-electron chi connectivity index (χ2n) is 5.76. The minimum Gasteiger partial charge on any atom is -0.389 e. The predicted octanol–water partition coefficient (Wildman–Crippen LogP) is 2.02. The number of hydrogen-bond acceptors (Lipinski definition) is 3. The molecule has 2 N–H and O–H groups in total. The van der Waals surface area contributed by atoms with Gasteiger partial charge in [-0.2, -0.15) is 0 Å². The molecule has 0 fully saturated rings. The van der Waals surface area contributed by atoms with Crippen molar-refractivity contribution in [3.8, 4) is 0 Å². The first-order chi connectivity index (χ1) is 8.69. The molecule has 1 aromatic rings. The maximum atomic E-state index is 12.1. The van der Waals surface area contributed by atoms with Crippen LogP contribution in [0.15, 0.2) is 24.3 Å². The minimum absolute atomic E-state index is 0.0719. The Labute approximate surface area is 115 Å². The Hall–Kier alpha value is -1.39. The molecule has 0 saturated heterocycles. The van der Waals surface area contributed by atoms with Crippen molar-refractivity contribution in [3.63, 3.8) is 0 Å². The van der Waals surface area contributed by atoms with E-state index in [0.29, 0.717) is 6.54 Å². The van der Waals surface area contributed by atoms with Gasteiger partial charge in [0, 0.05) is 12.2 Å². The molecule has 1 aromatic carbocycles. The molecular weight excluding hydrogens is 240 g/mol. The fourth-order valence-electron chi connectivity index (χ4n) is 1.92. The Bertz CT molecular complexity index is 438. The molecule has 1 atom stereocenters. The van der Waals surface area contributed by atoms with Gasteiger partial charge in [-0.25, -0.2) is 0 Å². The van der Waals surface area contributed by atoms with Crippen molar-refractivity contribution in [2.45, 2.75) is 39.3 Å². The number of likely N-dealkylation sites (N-methyl/N-ethyl adjacent to an activating group) is 1. The van der Waals surface area contributed by atoms with Gasteiger partial charge in [-0.3, -0.25) is 9.69 Å². The monoisotopic (exact) mass is 264 g/mol. The molecule has 19 heavy (non-hydrogen) atoms. The van der Waals surface area contributed by atoms with Gasteiger partial charge in [0.15, 0.2) is 0 Å². The highest BCUT2D eigenvalue weighted by molar-refractivity contribution is 5.94. The number of aliphatic hydroxyl groups is 1. The Morgan fingerprint density at radius 2 is 2.11 bits per heavy atom. The molecular formula is C15H24N2O2. The Balaban J connectivity index is 2.62. The number of nitrogens with one attached hydrogen (secondary N) is 1. The zero-order valence-electron chi connectivity index (χ0n) is 12.4. The molecule has 106 valence electrons. The van der Waals surface area contributed by atoms with E-state index in [4.69, 9.17) is 0 Å². The highest BCUT2D eigenvalue weighted by atomic mass is 16.3. The molecule has 0 spiro atoms. The first-order valence-corrected chi connectivity index (χ1v) is 6.49. The maximum Gasteiger partial charge on any atom is 0.241 e. The summed E-state index contributed by atoms with van der Waals surface area (Å²) in [6.45, 7) is 7.72. The molecule has 1 amide bonds. The van der Waals surface area contributed by atoms with Crippen LogP contribution < -0.4 is 5.32 Å². The Morgan fingerprint density at radius 1 is 1.47 bits per heavy atom. The van der Waals surface area contributed by atoms with Crippen LogP contribution in [0.3, 0.4) is 0 Å². The van der Waals surface area contributed by atoms with Gasteiger partial charge in [-0.1, -0.05) is 12.1 Å². The van der Waals surface area contributed by atoms with Gasteiger partial charge in [0.05, 0.1) is 11.6 Å². The number of benzene rings is 1. The van der Waals surface area contributed by atoms with Crippen LogP contribution in [0.5, 0.6) is 0 Å². The smallest absolute Gasteiger partial charge is 0.241 e. The van der Waals surface area contributed by atoms with Crippen molar-refractivity contribution in [1.82, 2.24) is 4.90 Å². The van der Waals surface area contributed by atoms with E-state index in [1.165, 1.54) is 0 Å². The Morgan fingerprint density at radius 3 is 2.63 bits per heavy atom. The fourth-order valence-corrected chi connectivity index (χ4v) is 1.92. The quantitative estimate of drug-likeness (QED) is 0.855. The van der Waals surface area contributed by atoms with Crippen molar-refractivity contribution in [1.29, 1.82) is 0 Å². The summed E-state index contributed by atoms with van der Waals surface area (Å²) in [5.74, 6) is -0.0719. The summed E-state index contributed by atoms with van der Waals surface area (Å²) in [4.78, 5) is 14.0. The summed E-state index contributed by atoms with van der Waals surface area (Å²) < 4.78 is 0. The van der Waals surface area contributed by atoms with E-state index in [2.05, 4.69) is 5.32 Å². The second kappa shape index (κ2) is 6.17. The molecule has 0 heterocycles. The van der Waals surface area contributed by atoms with Crippen molar-refractivity contribution in [3.05, 3.63) is 29.8 Å². The van der Waals surface area contributed by atoms with E-state index in [0.717, 1.165) is 11.3 Å². The van der Waals surface area contributed by atoms with E-state index < -0.39 is 5.60 Å². The summed E-state index contributed by atoms with van der Waals surface area (Å²) >= 11 is 0. The van der Waals surface area contributed by atoms with Crippen LogP contribution in [0.2, 0.25) is 0 Å². The number of carbonyl (C=O) groups is 1. The average molecular weight is 264 g/mol. The van der Waals surface area contributed by atoms with Crippen molar-refractivity contribution in [2.24, 2.45) is 0 Å². The largest absolute Gasteiger partial charge is 0.389 e. The Kier molecular flexibility index (Phi) is 5.09. The molecule has 0 aromatic heterocycles.